The van der Waals surface area contributed by atoms with Gasteiger partial charge < -0.3 is 14.2 Å². The molecule has 33 heavy (non-hydrogen) atoms. The van der Waals surface area contributed by atoms with Crippen LogP contribution >= 0.6 is 0 Å². The molecule has 0 saturated carbocycles. The molecule has 3 heterocycles. The molecule has 0 radical (unpaired) electrons. The first-order chi connectivity index (χ1) is 15.9. The standard InChI is InChI=1S/C24H21FN4O4/c1-15(30)16-6-7-19(18(25)12-16)27-8-10-28(11-9-27)21(31)13-29-14-26-22-17-4-2-3-5-20(17)33-23(22)24(29)32/h2-7,12,14H,8-11,13H2,1H3. The summed E-state index contributed by atoms with van der Waals surface area (Å²) in [6.07, 6.45) is 1.37. The van der Waals surface area contributed by atoms with Crippen LogP contribution in [0.4, 0.5) is 10.1 Å². The number of ketones is 1. The van der Waals surface area contributed by atoms with Crippen LogP contribution in [-0.4, -0.2) is 52.3 Å². The lowest BCUT2D eigenvalue weighted by Gasteiger charge is -2.36. The zero-order valence-electron chi connectivity index (χ0n) is 18.0. The molecule has 8 nitrogen and oxygen atoms in total. The summed E-state index contributed by atoms with van der Waals surface area (Å²) in [5, 5.41) is 0.753. The third-order valence-electron chi connectivity index (χ3n) is 5.98. The van der Waals surface area contributed by atoms with Gasteiger partial charge in [0.1, 0.15) is 23.5 Å². The van der Waals surface area contributed by atoms with Gasteiger partial charge in [-0.25, -0.2) is 9.37 Å². The number of anilines is 1. The maximum atomic E-state index is 14.5. The number of benzene rings is 2. The van der Waals surface area contributed by atoms with Gasteiger partial charge in [0.15, 0.2) is 5.78 Å². The summed E-state index contributed by atoms with van der Waals surface area (Å²) in [6, 6.07) is 11.7. The van der Waals surface area contributed by atoms with Crippen molar-refractivity contribution in [3.63, 3.8) is 0 Å². The Bertz CT molecular complexity index is 1450. The number of piperazine rings is 1. The first kappa shape index (κ1) is 20.9. The Morgan fingerprint density at radius 1 is 1.09 bits per heavy atom. The van der Waals surface area contributed by atoms with E-state index in [2.05, 4.69) is 4.98 Å². The minimum atomic E-state index is -0.459. The Kier molecular flexibility index (Phi) is 5.16. The third kappa shape index (κ3) is 3.75. The van der Waals surface area contributed by atoms with Gasteiger partial charge in [-0.05, 0) is 37.3 Å². The average molecular weight is 448 g/mol. The normalized spacial score (nSPS) is 14.2. The topological polar surface area (TPSA) is 88.7 Å². The minimum Gasteiger partial charge on any atom is -0.448 e. The number of fused-ring (bicyclic) bond motifs is 3. The Morgan fingerprint density at radius 2 is 1.85 bits per heavy atom. The van der Waals surface area contributed by atoms with Crippen LogP contribution in [0.2, 0.25) is 0 Å². The smallest absolute Gasteiger partial charge is 0.297 e. The number of aromatic nitrogens is 2. The highest BCUT2D eigenvalue weighted by Gasteiger charge is 2.24. The summed E-state index contributed by atoms with van der Waals surface area (Å²) in [4.78, 5) is 44.9. The van der Waals surface area contributed by atoms with Crippen LogP contribution < -0.4 is 10.5 Å². The molecule has 1 saturated heterocycles. The van der Waals surface area contributed by atoms with E-state index in [9.17, 15) is 18.8 Å². The number of furan rings is 1. The minimum absolute atomic E-state index is 0.126. The molecule has 0 unspecified atom stereocenters. The summed E-state index contributed by atoms with van der Waals surface area (Å²) >= 11 is 0. The van der Waals surface area contributed by atoms with Gasteiger partial charge in [-0.3, -0.25) is 19.0 Å². The number of carbonyl (C=O) groups excluding carboxylic acids is 2. The Morgan fingerprint density at radius 3 is 2.58 bits per heavy atom. The molecule has 1 amide bonds. The van der Waals surface area contributed by atoms with Gasteiger partial charge in [-0.2, -0.15) is 0 Å². The van der Waals surface area contributed by atoms with Crippen molar-refractivity contribution >= 4 is 39.4 Å². The van der Waals surface area contributed by atoms with Crippen LogP contribution in [0.25, 0.3) is 22.1 Å². The SMILES string of the molecule is CC(=O)c1ccc(N2CCN(C(=O)Cn3cnc4c(oc5ccccc54)c3=O)CC2)c(F)c1. The number of hydrogen-bond acceptors (Lipinski definition) is 6. The lowest BCUT2D eigenvalue weighted by atomic mass is 10.1. The number of rotatable bonds is 4. The van der Waals surface area contributed by atoms with Crippen molar-refractivity contribution in [2.24, 2.45) is 0 Å². The Balaban J connectivity index is 1.28. The van der Waals surface area contributed by atoms with E-state index in [1.165, 1.54) is 23.9 Å². The fourth-order valence-electron chi connectivity index (χ4n) is 4.15. The van der Waals surface area contributed by atoms with Crippen molar-refractivity contribution < 1.29 is 18.4 Å². The number of nitrogens with zero attached hydrogens (tertiary/aromatic N) is 4. The molecule has 0 aliphatic carbocycles. The summed E-state index contributed by atoms with van der Waals surface area (Å²) in [6.45, 7) is 2.91. The molecule has 9 heteroatoms. The first-order valence-corrected chi connectivity index (χ1v) is 10.6. The molecule has 1 aliphatic rings. The van der Waals surface area contributed by atoms with Crippen LogP contribution in [0.15, 0.2) is 58.0 Å². The predicted octanol–water partition coefficient (Wildman–Crippen LogP) is 2.83. The average Bonchev–Trinajstić information content (AvgIpc) is 3.20. The molecule has 1 aliphatic heterocycles. The second kappa shape index (κ2) is 8.16. The number of halogens is 1. The van der Waals surface area contributed by atoms with E-state index in [1.807, 2.05) is 23.1 Å². The van der Waals surface area contributed by atoms with E-state index in [-0.39, 0.29) is 23.8 Å². The van der Waals surface area contributed by atoms with Gasteiger partial charge in [0.05, 0.1) is 12.0 Å². The maximum Gasteiger partial charge on any atom is 0.297 e. The third-order valence-corrected chi connectivity index (χ3v) is 5.98. The van der Waals surface area contributed by atoms with E-state index < -0.39 is 11.4 Å². The van der Waals surface area contributed by atoms with Gasteiger partial charge in [-0.1, -0.05) is 12.1 Å². The number of amides is 1. The highest BCUT2D eigenvalue weighted by Crippen LogP contribution is 2.24. The molecule has 2 aromatic heterocycles. The van der Waals surface area contributed by atoms with Gasteiger partial charge >= 0.3 is 0 Å². The van der Waals surface area contributed by atoms with Crippen LogP contribution in [0, 0.1) is 5.82 Å². The van der Waals surface area contributed by atoms with Crippen LogP contribution in [-0.2, 0) is 11.3 Å². The van der Waals surface area contributed by atoms with Crippen LogP contribution in [0.1, 0.15) is 17.3 Å². The molecule has 0 atom stereocenters. The molecule has 5 rings (SSSR count). The van der Waals surface area contributed by atoms with E-state index in [1.54, 1.807) is 23.1 Å². The summed E-state index contributed by atoms with van der Waals surface area (Å²) in [5.74, 6) is -0.873. The second-order valence-corrected chi connectivity index (χ2v) is 8.04. The molecule has 4 aromatic rings. The van der Waals surface area contributed by atoms with Crippen molar-refractivity contribution in [3.05, 3.63) is 70.5 Å². The van der Waals surface area contributed by atoms with Gasteiger partial charge in [-0.15, -0.1) is 0 Å². The zero-order chi connectivity index (χ0) is 23.1. The first-order valence-electron chi connectivity index (χ1n) is 10.6. The quantitative estimate of drug-likeness (QED) is 0.446. The van der Waals surface area contributed by atoms with Gasteiger partial charge in [0.2, 0.25) is 11.5 Å². The summed E-state index contributed by atoms with van der Waals surface area (Å²) < 4.78 is 21.4. The fourth-order valence-corrected chi connectivity index (χ4v) is 4.15. The molecule has 1 fully saturated rings. The maximum absolute atomic E-state index is 14.5. The van der Waals surface area contributed by atoms with E-state index in [4.69, 9.17) is 4.42 Å². The highest BCUT2D eigenvalue weighted by atomic mass is 19.1. The summed E-state index contributed by atoms with van der Waals surface area (Å²) in [7, 11) is 0. The van der Waals surface area contributed by atoms with Crippen LogP contribution in [0.3, 0.4) is 0 Å². The predicted molar refractivity (Wildman–Crippen MR) is 121 cm³/mol. The lowest BCUT2D eigenvalue weighted by molar-refractivity contribution is -0.132. The van der Waals surface area contributed by atoms with E-state index in [0.29, 0.717) is 48.5 Å². The van der Waals surface area contributed by atoms with E-state index in [0.717, 1.165) is 5.39 Å². The molecular weight excluding hydrogens is 427 g/mol. The van der Waals surface area contributed by atoms with E-state index >= 15 is 0 Å². The largest absolute Gasteiger partial charge is 0.448 e. The van der Waals surface area contributed by atoms with Crippen molar-refractivity contribution in [3.8, 4) is 0 Å². The number of Topliss-reactive ketones (excluding diaryl/α,β-unsaturated/α-hetero) is 1. The van der Waals surface area contributed by atoms with Gasteiger partial charge in [0, 0.05) is 37.1 Å². The summed E-state index contributed by atoms with van der Waals surface area (Å²) in [5.41, 5.74) is 1.50. The van der Waals surface area contributed by atoms with Crippen molar-refractivity contribution in [2.75, 3.05) is 31.1 Å². The molecule has 0 N–H and O–H groups in total. The lowest BCUT2D eigenvalue weighted by Crippen LogP contribution is -2.50. The fraction of sp³-hybridized carbons (Fsp3) is 0.250. The number of hydrogen-bond donors (Lipinski definition) is 0. The van der Waals surface area contributed by atoms with Crippen LogP contribution in [0.5, 0.6) is 0 Å². The van der Waals surface area contributed by atoms with Gasteiger partial charge in [0.25, 0.3) is 5.56 Å². The number of carbonyl (C=O) groups is 2. The Labute approximate surface area is 187 Å². The Hall–Kier alpha value is -4.01. The highest BCUT2D eigenvalue weighted by molar-refractivity contribution is 6.01. The monoisotopic (exact) mass is 448 g/mol. The molecule has 0 spiro atoms. The molecule has 168 valence electrons. The molecular formula is C24H21FN4O4. The molecule has 0 bridgehead atoms. The van der Waals surface area contributed by atoms with Crippen molar-refractivity contribution in [1.29, 1.82) is 0 Å². The zero-order valence-corrected chi connectivity index (χ0v) is 18.0. The molecule has 2 aromatic carbocycles. The van der Waals surface area contributed by atoms with Crippen molar-refractivity contribution in [2.45, 2.75) is 13.5 Å². The second-order valence-electron chi connectivity index (χ2n) is 8.04. The van der Waals surface area contributed by atoms with Crippen molar-refractivity contribution in [1.82, 2.24) is 14.5 Å². The number of para-hydroxylation sites is 1.